The summed E-state index contributed by atoms with van der Waals surface area (Å²) in [5.74, 6) is -3.60. The molecule has 0 radical (unpaired) electrons. The third-order valence-corrected chi connectivity index (χ3v) is 13.8. The SMILES string of the molecule is C.C=C(CCC(=O)N(O)CCCCCNC(=O)C(C)C)NCCCCCN(O)C(=O)CCC(=O)NCCCCCN(O)C(C)=O.CC(C)CC(CNCc1cccc(C(=O)O)n1)NCc1cccc(C(=O)O)n1.CC(C)NC(=O)CCC(CNC(=O)CS)NC(=O)CS. The maximum atomic E-state index is 12.1. The molecule has 93 heavy (non-hydrogen) atoms. The fourth-order valence-corrected chi connectivity index (χ4v) is 8.44. The Labute approximate surface area is 560 Å². The molecule has 28 nitrogen and oxygen atoms in total. The number of carboxylic acid groups (broad SMARTS) is 2. The number of carboxylic acids is 2. The number of unbranched alkanes of at least 4 members (excludes halogenated alkanes) is 6. The van der Waals surface area contributed by atoms with Crippen molar-refractivity contribution >= 4 is 84.5 Å². The van der Waals surface area contributed by atoms with E-state index < -0.39 is 23.8 Å². The van der Waals surface area contributed by atoms with Crippen LogP contribution in [0.2, 0.25) is 0 Å². The molecule has 2 unspecified atom stereocenters. The molecule has 0 saturated carbocycles. The second-order valence-electron chi connectivity index (χ2n) is 22.8. The van der Waals surface area contributed by atoms with Gasteiger partial charge in [0.1, 0.15) is 11.4 Å². The zero-order valence-corrected chi connectivity index (χ0v) is 56.6. The number of allylic oxidation sites excluding steroid dienone is 1. The number of nitrogens with zero attached hydrogens (tertiary/aromatic N) is 5. The zero-order valence-electron chi connectivity index (χ0n) is 54.8. The van der Waals surface area contributed by atoms with Crippen LogP contribution in [0.15, 0.2) is 48.7 Å². The fraction of sp³-hybridized carbons (Fsp3) is 0.651. The number of hydrogen-bond acceptors (Lipinski definition) is 20. The first kappa shape index (κ1) is 88.1. The summed E-state index contributed by atoms with van der Waals surface area (Å²) in [6, 6.07) is 9.81. The van der Waals surface area contributed by atoms with E-state index in [9.17, 15) is 63.6 Å². The van der Waals surface area contributed by atoms with E-state index in [1.807, 2.05) is 27.7 Å². The Kier molecular flexibility index (Phi) is 50.6. The smallest absolute Gasteiger partial charge is 0.354 e. The molecular weight excluding hydrogens is 1240 g/mol. The van der Waals surface area contributed by atoms with Crippen molar-refractivity contribution in [2.75, 3.05) is 63.9 Å². The highest BCUT2D eigenvalue weighted by Gasteiger charge is 2.18. The van der Waals surface area contributed by atoms with Gasteiger partial charge in [0.25, 0.3) is 0 Å². The maximum Gasteiger partial charge on any atom is 0.354 e. The average Bonchev–Trinajstić information content (AvgIpc) is 1.46. The van der Waals surface area contributed by atoms with Crippen molar-refractivity contribution in [1.29, 1.82) is 0 Å². The Morgan fingerprint density at radius 1 is 0.538 bits per heavy atom. The first-order chi connectivity index (χ1) is 43.6. The monoisotopic (exact) mass is 1350 g/mol. The first-order valence-corrected chi connectivity index (χ1v) is 32.7. The summed E-state index contributed by atoms with van der Waals surface area (Å²) in [5, 5.41) is 72.8. The van der Waals surface area contributed by atoms with Gasteiger partial charge in [-0.25, -0.2) is 34.7 Å². The van der Waals surface area contributed by atoms with Gasteiger partial charge in [-0.05, 0) is 121 Å². The number of hydroxylamine groups is 6. The number of carbonyl (C=O) groups excluding carboxylic acids is 8. The van der Waals surface area contributed by atoms with Crippen LogP contribution in [-0.4, -0.2) is 192 Å². The Morgan fingerprint density at radius 2 is 1.03 bits per heavy atom. The summed E-state index contributed by atoms with van der Waals surface area (Å²) in [6.45, 7) is 21.0. The van der Waals surface area contributed by atoms with E-state index >= 15 is 0 Å². The number of pyridine rings is 2. The standard InChI is InChI=1S/C30H56N6O8.C20H26N4O4.C12H23N3O3S2.CH4/c1-24(2)30(41)33-20-10-7-13-22-35(43)28(39)16-14-25(3)31-18-8-5-12-23-36(44)29(40)17-15-27(38)32-19-9-6-11-21-34(42)26(4)37;1-13(2)9-16(22-12-15-6-4-8-18(24-15)20(27)28)11-21-10-14-5-3-7-17(23-14)19(25)26;1-8(2)14-10(16)4-3-9(15-12(18)7-20)5-13-11(17)6-19;/h24,31,42-44H,3,5-23H2,1-2,4H3,(H,32,38)(H,33,41);3-8,13,16,21-22H,9-12H2,1-2H3,(H,25,26)(H,27,28);8-9,19-20H,3-7H2,1-2H3,(H,13,17)(H,14,16)(H,15,18);1H4. The number of aromatic carboxylic acids is 2. The molecule has 0 saturated heterocycles. The first-order valence-electron chi connectivity index (χ1n) is 31.4. The molecule has 2 aromatic heterocycles. The third-order valence-electron chi connectivity index (χ3n) is 13.3. The number of thiol groups is 2. The topological polar surface area (TPSA) is 404 Å². The molecule has 30 heteroatoms. The van der Waals surface area contributed by atoms with Crippen LogP contribution in [0.1, 0.15) is 191 Å². The molecule has 2 atom stereocenters. The van der Waals surface area contributed by atoms with E-state index in [1.54, 1.807) is 24.3 Å². The minimum atomic E-state index is -1.04. The number of hydrogen-bond donors (Lipinski definition) is 15. The third kappa shape index (κ3) is 47.6. The zero-order chi connectivity index (χ0) is 69.4. The second-order valence-corrected chi connectivity index (χ2v) is 23.4. The Balaban J connectivity index is 0. The Hall–Kier alpha value is -6.96. The molecule has 0 aliphatic heterocycles. The lowest BCUT2D eigenvalue weighted by Crippen LogP contribution is -2.45. The van der Waals surface area contributed by atoms with Crippen LogP contribution in [0.5, 0.6) is 0 Å². The van der Waals surface area contributed by atoms with Crippen LogP contribution < -0.4 is 42.5 Å². The van der Waals surface area contributed by atoms with Crippen molar-refractivity contribution in [2.45, 2.75) is 190 Å². The molecule has 0 aromatic carbocycles. The molecule has 2 rings (SSSR count). The van der Waals surface area contributed by atoms with Gasteiger partial charge >= 0.3 is 11.9 Å². The summed E-state index contributed by atoms with van der Waals surface area (Å²) in [5.41, 5.74) is 2.08. The number of carbonyl (C=O) groups is 10. The summed E-state index contributed by atoms with van der Waals surface area (Å²) >= 11 is 7.73. The van der Waals surface area contributed by atoms with E-state index in [4.69, 9.17) is 10.2 Å². The van der Waals surface area contributed by atoms with Crippen LogP contribution in [-0.2, 0) is 51.4 Å². The second kappa shape index (κ2) is 53.4. The van der Waals surface area contributed by atoms with Gasteiger partial charge < -0.3 is 52.7 Å². The van der Waals surface area contributed by atoms with Crippen LogP contribution >= 0.6 is 25.3 Å². The van der Waals surface area contributed by atoms with Gasteiger partial charge in [0, 0.05) is 128 Å². The summed E-state index contributed by atoms with van der Waals surface area (Å²) in [6.07, 6.45) is 8.41. The van der Waals surface area contributed by atoms with Crippen LogP contribution in [0.4, 0.5) is 0 Å². The highest BCUT2D eigenvalue weighted by molar-refractivity contribution is 7.81. The van der Waals surface area contributed by atoms with Crippen molar-refractivity contribution in [2.24, 2.45) is 11.8 Å². The molecule has 2 aromatic rings. The molecule has 0 aliphatic carbocycles. The summed E-state index contributed by atoms with van der Waals surface area (Å²) < 4.78 is 0. The van der Waals surface area contributed by atoms with Crippen molar-refractivity contribution in [3.8, 4) is 0 Å². The number of aromatic nitrogens is 2. The van der Waals surface area contributed by atoms with E-state index in [0.29, 0.717) is 111 Å². The van der Waals surface area contributed by atoms with Crippen LogP contribution in [0, 0.1) is 11.8 Å². The predicted octanol–water partition coefficient (Wildman–Crippen LogP) is 5.28. The van der Waals surface area contributed by atoms with Crippen molar-refractivity contribution in [1.82, 2.24) is 67.7 Å². The minimum Gasteiger partial charge on any atom is -0.477 e. The largest absolute Gasteiger partial charge is 0.477 e. The van der Waals surface area contributed by atoms with Crippen molar-refractivity contribution < 1.29 is 73.8 Å². The molecule has 2 heterocycles. The normalized spacial score (nSPS) is 11.3. The van der Waals surface area contributed by atoms with Gasteiger partial charge in [-0.2, -0.15) is 25.3 Å². The lowest BCUT2D eigenvalue weighted by atomic mass is 10.0. The van der Waals surface area contributed by atoms with Gasteiger partial charge in [0.15, 0.2) is 0 Å². The number of nitrogens with one attached hydrogen (secondary N) is 8. The van der Waals surface area contributed by atoms with Gasteiger partial charge in [-0.15, -0.1) is 0 Å². The van der Waals surface area contributed by atoms with Crippen molar-refractivity contribution in [3.63, 3.8) is 0 Å². The van der Waals surface area contributed by atoms with E-state index in [2.05, 4.69) is 98.2 Å². The van der Waals surface area contributed by atoms with E-state index in [-0.39, 0.29) is 142 Å². The molecular formula is C63H109N13O15S2. The summed E-state index contributed by atoms with van der Waals surface area (Å²) in [4.78, 5) is 123. The Bertz CT molecular complexity index is 2550. The van der Waals surface area contributed by atoms with Gasteiger partial charge in [0.05, 0.1) is 22.9 Å². The van der Waals surface area contributed by atoms with E-state index in [0.717, 1.165) is 43.6 Å². The molecule has 8 amide bonds. The fourth-order valence-electron chi connectivity index (χ4n) is 8.24. The maximum absolute atomic E-state index is 12.1. The number of rotatable bonds is 46. The summed E-state index contributed by atoms with van der Waals surface area (Å²) in [7, 11) is 0. The van der Waals surface area contributed by atoms with E-state index in [1.165, 1.54) is 19.1 Å². The lowest BCUT2D eigenvalue weighted by Gasteiger charge is -2.21. The van der Waals surface area contributed by atoms with Crippen LogP contribution in [0.25, 0.3) is 0 Å². The highest BCUT2D eigenvalue weighted by atomic mass is 32.1. The molecule has 0 fully saturated rings. The van der Waals surface area contributed by atoms with Gasteiger partial charge in [-0.1, -0.05) is 53.8 Å². The predicted molar refractivity (Wildman–Crippen MR) is 360 cm³/mol. The molecule has 13 N–H and O–H groups in total. The highest BCUT2D eigenvalue weighted by Crippen LogP contribution is 2.10. The quantitative estimate of drug-likeness (QED) is 0.0173. The minimum absolute atomic E-state index is 0. The molecule has 0 aliphatic rings. The Morgan fingerprint density at radius 3 is 1.52 bits per heavy atom. The molecule has 528 valence electrons. The molecule has 0 bridgehead atoms. The molecule has 0 spiro atoms. The van der Waals surface area contributed by atoms with Crippen molar-refractivity contribution in [3.05, 3.63) is 71.4 Å². The van der Waals surface area contributed by atoms with Crippen LogP contribution in [0.3, 0.4) is 0 Å². The number of amides is 8. The van der Waals surface area contributed by atoms with Gasteiger partial charge in [0.2, 0.25) is 47.3 Å². The van der Waals surface area contributed by atoms with Gasteiger partial charge in [-0.3, -0.25) is 54.0 Å². The average molecular weight is 1350 g/mol. The lowest BCUT2D eigenvalue weighted by molar-refractivity contribution is -0.166.